The molecule has 1 atom stereocenters. The first-order valence-electron chi connectivity index (χ1n) is 9.89. The van der Waals surface area contributed by atoms with E-state index in [9.17, 15) is 13.2 Å². The average Bonchev–Trinajstić information content (AvgIpc) is 3.42. The Morgan fingerprint density at radius 3 is 2.71 bits per heavy atom. The number of aromatic nitrogens is 1. The fourth-order valence-corrected chi connectivity index (χ4v) is 5.36. The normalized spacial score (nSPS) is 15.2. The van der Waals surface area contributed by atoms with E-state index in [1.54, 1.807) is 30.3 Å². The van der Waals surface area contributed by atoms with Crippen molar-refractivity contribution in [1.29, 1.82) is 0 Å². The van der Waals surface area contributed by atoms with Crippen LogP contribution in [0.25, 0.3) is 11.1 Å². The third-order valence-electron chi connectivity index (χ3n) is 5.04. The summed E-state index contributed by atoms with van der Waals surface area (Å²) < 4.78 is 39.2. The van der Waals surface area contributed by atoms with E-state index in [4.69, 9.17) is 9.15 Å². The summed E-state index contributed by atoms with van der Waals surface area (Å²) in [7, 11) is -2.38. The lowest BCUT2D eigenvalue weighted by molar-refractivity contribution is -0.129. The number of carbonyl (C=O) groups is 1. The SMILES string of the molecule is COc1ccccc1NS(=O)(=O)c1ccc2oc(S[C@@H](C)C(=O)N3CCCC3)nc2c1. The van der Waals surface area contributed by atoms with Gasteiger partial charge in [0.1, 0.15) is 11.3 Å². The Kier molecular flexibility index (Phi) is 6.10. The molecule has 8 nitrogen and oxygen atoms in total. The molecule has 1 N–H and O–H groups in total. The molecule has 0 saturated carbocycles. The quantitative estimate of drug-likeness (QED) is 0.535. The maximum absolute atomic E-state index is 12.9. The molecule has 1 aliphatic heterocycles. The van der Waals surface area contributed by atoms with Gasteiger partial charge in [-0.25, -0.2) is 13.4 Å². The van der Waals surface area contributed by atoms with Crippen LogP contribution >= 0.6 is 11.8 Å². The highest BCUT2D eigenvalue weighted by Crippen LogP contribution is 2.31. The number of amides is 1. The van der Waals surface area contributed by atoms with Crippen LogP contribution in [0.5, 0.6) is 5.75 Å². The zero-order chi connectivity index (χ0) is 22.0. The standard InChI is InChI=1S/C21H23N3O5S2/c1-14(20(25)24-11-5-6-12-24)30-21-22-17-13-15(9-10-19(17)29-21)31(26,27)23-16-7-3-4-8-18(16)28-2/h3-4,7-10,13-14,23H,5-6,11-12H2,1-2H3/t14-/m0/s1. The van der Waals surface area contributed by atoms with Crippen LogP contribution in [0.15, 0.2) is 57.0 Å². The predicted molar refractivity (Wildman–Crippen MR) is 119 cm³/mol. The van der Waals surface area contributed by atoms with Gasteiger partial charge in [0.2, 0.25) is 5.91 Å². The molecule has 31 heavy (non-hydrogen) atoms. The third kappa shape index (κ3) is 4.64. The van der Waals surface area contributed by atoms with Gasteiger partial charge in [-0.2, -0.15) is 0 Å². The van der Waals surface area contributed by atoms with Gasteiger partial charge in [-0.3, -0.25) is 9.52 Å². The van der Waals surface area contributed by atoms with Crippen molar-refractivity contribution in [2.24, 2.45) is 0 Å². The molecule has 0 unspecified atom stereocenters. The van der Waals surface area contributed by atoms with Crippen molar-refractivity contribution in [3.05, 3.63) is 42.5 Å². The number of para-hydroxylation sites is 2. The number of thioether (sulfide) groups is 1. The minimum absolute atomic E-state index is 0.0527. The maximum atomic E-state index is 12.9. The Labute approximate surface area is 185 Å². The summed E-state index contributed by atoms with van der Waals surface area (Å²) >= 11 is 1.23. The van der Waals surface area contributed by atoms with Crippen molar-refractivity contribution >= 4 is 44.5 Å². The largest absolute Gasteiger partial charge is 0.495 e. The summed E-state index contributed by atoms with van der Waals surface area (Å²) in [5, 5.41) is 0.00357. The van der Waals surface area contributed by atoms with Crippen molar-refractivity contribution in [3.63, 3.8) is 0 Å². The number of ether oxygens (including phenoxy) is 1. The van der Waals surface area contributed by atoms with Crippen molar-refractivity contribution in [2.75, 3.05) is 24.9 Å². The summed E-state index contributed by atoms with van der Waals surface area (Å²) in [4.78, 5) is 18.8. The van der Waals surface area contributed by atoms with Gasteiger partial charge < -0.3 is 14.1 Å². The van der Waals surface area contributed by atoms with Crippen LogP contribution in [0.4, 0.5) is 5.69 Å². The van der Waals surface area contributed by atoms with Gasteiger partial charge in [0, 0.05) is 13.1 Å². The number of likely N-dealkylation sites (tertiary alicyclic amines) is 1. The van der Waals surface area contributed by atoms with Gasteiger partial charge >= 0.3 is 0 Å². The lowest BCUT2D eigenvalue weighted by atomic mass is 10.3. The molecule has 10 heteroatoms. The summed E-state index contributed by atoms with van der Waals surface area (Å²) in [6.07, 6.45) is 2.07. The van der Waals surface area contributed by atoms with Crippen LogP contribution in [0.3, 0.4) is 0 Å². The number of anilines is 1. The molecule has 1 saturated heterocycles. The second-order valence-electron chi connectivity index (χ2n) is 7.21. The summed E-state index contributed by atoms with van der Waals surface area (Å²) in [5.41, 5.74) is 1.21. The molecule has 4 rings (SSSR count). The summed E-state index contributed by atoms with van der Waals surface area (Å²) in [5.74, 6) is 0.484. The molecular formula is C21H23N3O5S2. The van der Waals surface area contributed by atoms with Gasteiger partial charge in [-0.05, 0) is 50.1 Å². The topological polar surface area (TPSA) is 102 Å². The molecule has 1 fully saturated rings. The first kappa shape index (κ1) is 21.5. The molecule has 1 amide bonds. The first-order valence-corrected chi connectivity index (χ1v) is 12.3. The Hall–Kier alpha value is -2.72. The fraction of sp³-hybridized carbons (Fsp3) is 0.333. The highest BCUT2D eigenvalue weighted by molar-refractivity contribution is 8.00. The number of carbonyl (C=O) groups excluding carboxylic acids is 1. The average molecular weight is 462 g/mol. The number of nitrogens with one attached hydrogen (secondary N) is 1. The van der Waals surface area contributed by atoms with Gasteiger partial charge in [0.15, 0.2) is 5.58 Å². The molecule has 1 aromatic heterocycles. The highest BCUT2D eigenvalue weighted by Gasteiger charge is 2.26. The van der Waals surface area contributed by atoms with E-state index in [1.807, 2.05) is 11.8 Å². The van der Waals surface area contributed by atoms with Crippen molar-refractivity contribution in [3.8, 4) is 5.75 Å². The van der Waals surface area contributed by atoms with E-state index >= 15 is 0 Å². The maximum Gasteiger partial charge on any atom is 0.262 e. The molecule has 0 spiro atoms. The minimum Gasteiger partial charge on any atom is -0.495 e. The number of methoxy groups -OCH3 is 1. The van der Waals surface area contributed by atoms with E-state index in [1.165, 1.54) is 31.0 Å². The smallest absolute Gasteiger partial charge is 0.262 e. The molecule has 0 aliphatic carbocycles. The van der Waals surface area contributed by atoms with E-state index in [2.05, 4.69) is 9.71 Å². The van der Waals surface area contributed by atoms with E-state index in [0.29, 0.717) is 27.8 Å². The zero-order valence-electron chi connectivity index (χ0n) is 17.2. The van der Waals surface area contributed by atoms with Gasteiger partial charge in [0.05, 0.1) is 22.9 Å². The summed E-state index contributed by atoms with van der Waals surface area (Å²) in [6.45, 7) is 3.41. The molecule has 0 bridgehead atoms. The van der Waals surface area contributed by atoms with Crippen LogP contribution in [0.1, 0.15) is 19.8 Å². The molecule has 1 aliphatic rings. The Morgan fingerprint density at radius 1 is 1.23 bits per heavy atom. The number of hydrogen-bond acceptors (Lipinski definition) is 7. The van der Waals surface area contributed by atoms with Crippen LogP contribution < -0.4 is 9.46 Å². The van der Waals surface area contributed by atoms with Gasteiger partial charge in [-0.15, -0.1) is 0 Å². The van der Waals surface area contributed by atoms with E-state index < -0.39 is 10.0 Å². The number of rotatable bonds is 7. The fourth-order valence-electron chi connectivity index (χ4n) is 3.43. The Balaban J connectivity index is 1.53. The number of oxazole rings is 1. The van der Waals surface area contributed by atoms with Gasteiger partial charge in [-0.1, -0.05) is 23.9 Å². The lowest BCUT2D eigenvalue weighted by Gasteiger charge is -2.18. The minimum atomic E-state index is -3.85. The monoisotopic (exact) mass is 461 g/mol. The molecule has 0 radical (unpaired) electrons. The van der Waals surface area contributed by atoms with Crippen LogP contribution in [-0.2, 0) is 14.8 Å². The number of benzene rings is 2. The number of fused-ring (bicyclic) bond motifs is 1. The zero-order valence-corrected chi connectivity index (χ0v) is 18.8. The van der Waals surface area contributed by atoms with E-state index in [-0.39, 0.29) is 16.1 Å². The van der Waals surface area contributed by atoms with Gasteiger partial charge in [0.25, 0.3) is 15.2 Å². The Morgan fingerprint density at radius 2 is 1.97 bits per heavy atom. The Bertz CT molecular complexity index is 1200. The third-order valence-corrected chi connectivity index (χ3v) is 7.34. The number of hydrogen-bond donors (Lipinski definition) is 1. The molecule has 2 heterocycles. The first-order chi connectivity index (χ1) is 14.9. The van der Waals surface area contributed by atoms with E-state index in [0.717, 1.165) is 25.9 Å². The van der Waals surface area contributed by atoms with Crippen molar-refractivity contribution in [1.82, 2.24) is 9.88 Å². The number of nitrogens with zero attached hydrogens (tertiary/aromatic N) is 2. The predicted octanol–water partition coefficient (Wildman–Crippen LogP) is 3.74. The second-order valence-corrected chi connectivity index (χ2v) is 10.2. The highest BCUT2D eigenvalue weighted by atomic mass is 32.2. The van der Waals surface area contributed by atoms with Crippen LogP contribution in [0.2, 0.25) is 0 Å². The van der Waals surface area contributed by atoms with Crippen molar-refractivity contribution < 1.29 is 22.4 Å². The molecular weight excluding hydrogens is 438 g/mol. The second kappa shape index (κ2) is 8.80. The molecule has 3 aromatic rings. The summed E-state index contributed by atoms with van der Waals surface area (Å²) in [6, 6.07) is 11.2. The molecule has 164 valence electrons. The van der Waals surface area contributed by atoms with Crippen LogP contribution in [0, 0.1) is 0 Å². The number of sulfonamides is 1. The molecule has 2 aromatic carbocycles. The van der Waals surface area contributed by atoms with Crippen molar-refractivity contribution in [2.45, 2.75) is 35.1 Å². The van der Waals surface area contributed by atoms with Crippen LogP contribution in [-0.4, -0.2) is 49.7 Å². The lowest BCUT2D eigenvalue weighted by Crippen LogP contribution is -2.34.